The number of hydrogen-bond acceptors (Lipinski definition) is 8. The average Bonchev–Trinajstić information content (AvgIpc) is 3.44. The molecule has 1 saturated heterocycles. The number of carbonyl (C=O) groups excluding carboxylic acids is 3. The Hall–Kier alpha value is -3.72. The number of nitrogens with zero attached hydrogens (tertiary/aromatic N) is 2. The summed E-state index contributed by atoms with van der Waals surface area (Å²) in [6.45, 7) is 5.25. The number of aryl methyl sites for hydroxylation is 3. The average molecular weight is 452 g/mol. The molecular formula is C23H20N2O6S. The van der Waals surface area contributed by atoms with Gasteiger partial charge in [-0.15, -0.1) is 0 Å². The number of furan rings is 1. The molecule has 1 N–H and O–H groups in total. The molecule has 0 spiro atoms. The number of hydrogen-bond donors (Lipinski definition) is 1. The van der Waals surface area contributed by atoms with Gasteiger partial charge in [-0.1, -0.05) is 41.2 Å². The summed E-state index contributed by atoms with van der Waals surface area (Å²) >= 11 is 0.933. The van der Waals surface area contributed by atoms with Gasteiger partial charge in [-0.2, -0.15) is 0 Å². The lowest BCUT2D eigenvalue weighted by Crippen LogP contribution is -2.29. The normalized spacial score (nSPS) is 17.8. The standard InChI is InChI=1S/C23H20N2O6S/c1-11-5-8-14(9-6-11)18(26)16-17(15-10-7-12(2)31-15)25(21(28)19(16)27)23-24-13(3)20(32-23)22(29)30-4/h5-10,17,26H,1-4H3/b18-16+. The Morgan fingerprint density at radius 2 is 1.81 bits per heavy atom. The van der Waals surface area contributed by atoms with Crippen LogP contribution in [0.4, 0.5) is 5.13 Å². The van der Waals surface area contributed by atoms with Crippen LogP contribution in [0.15, 0.2) is 46.4 Å². The van der Waals surface area contributed by atoms with E-state index in [0.29, 0.717) is 22.8 Å². The summed E-state index contributed by atoms with van der Waals surface area (Å²) in [4.78, 5) is 43.9. The van der Waals surface area contributed by atoms with Crippen molar-refractivity contribution in [1.82, 2.24) is 4.98 Å². The molecule has 32 heavy (non-hydrogen) atoms. The van der Waals surface area contributed by atoms with Gasteiger partial charge in [0.05, 0.1) is 18.4 Å². The number of ether oxygens (including phenoxy) is 1. The monoisotopic (exact) mass is 452 g/mol. The molecule has 1 amide bonds. The Morgan fingerprint density at radius 3 is 2.41 bits per heavy atom. The third kappa shape index (κ3) is 3.50. The minimum Gasteiger partial charge on any atom is -0.507 e. The number of anilines is 1. The molecule has 3 aromatic rings. The predicted octanol–water partition coefficient (Wildman–Crippen LogP) is 4.07. The summed E-state index contributed by atoms with van der Waals surface area (Å²) in [5.41, 5.74) is 1.63. The van der Waals surface area contributed by atoms with E-state index in [1.54, 1.807) is 50.2 Å². The topological polar surface area (TPSA) is 110 Å². The number of aliphatic hydroxyl groups excluding tert-OH is 1. The van der Waals surface area contributed by atoms with Crippen molar-refractivity contribution in [3.05, 3.63) is 75.2 Å². The second-order valence-electron chi connectivity index (χ2n) is 7.39. The molecule has 0 aliphatic carbocycles. The van der Waals surface area contributed by atoms with Gasteiger partial charge in [0.1, 0.15) is 28.2 Å². The Bertz CT molecular complexity index is 1270. The number of ketones is 1. The van der Waals surface area contributed by atoms with Gasteiger partial charge >= 0.3 is 11.9 Å². The Kier molecular flexibility index (Phi) is 5.43. The van der Waals surface area contributed by atoms with Gasteiger partial charge in [-0.25, -0.2) is 9.78 Å². The minimum absolute atomic E-state index is 0.110. The van der Waals surface area contributed by atoms with Crippen molar-refractivity contribution in [1.29, 1.82) is 0 Å². The molecule has 1 aromatic carbocycles. The lowest BCUT2D eigenvalue weighted by molar-refractivity contribution is -0.132. The van der Waals surface area contributed by atoms with Crippen LogP contribution >= 0.6 is 11.3 Å². The fourth-order valence-electron chi connectivity index (χ4n) is 3.53. The number of rotatable bonds is 4. The third-order valence-corrected chi connectivity index (χ3v) is 6.30. The number of aliphatic hydroxyl groups is 1. The van der Waals surface area contributed by atoms with Crippen LogP contribution < -0.4 is 4.90 Å². The molecule has 2 aromatic heterocycles. The first-order valence-electron chi connectivity index (χ1n) is 9.73. The summed E-state index contributed by atoms with van der Waals surface area (Å²) in [6.07, 6.45) is 0. The van der Waals surface area contributed by atoms with E-state index in [4.69, 9.17) is 9.15 Å². The highest BCUT2D eigenvalue weighted by Gasteiger charge is 2.49. The zero-order valence-electron chi connectivity index (χ0n) is 17.8. The van der Waals surface area contributed by atoms with Crippen LogP contribution in [-0.4, -0.2) is 34.9 Å². The molecule has 9 heteroatoms. The molecule has 164 valence electrons. The predicted molar refractivity (Wildman–Crippen MR) is 118 cm³/mol. The number of esters is 1. The van der Waals surface area contributed by atoms with E-state index in [2.05, 4.69) is 4.98 Å². The smallest absolute Gasteiger partial charge is 0.350 e. The fraction of sp³-hybridized carbons (Fsp3) is 0.217. The van der Waals surface area contributed by atoms with Crippen molar-refractivity contribution in [2.45, 2.75) is 26.8 Å². The molecule has 1 fully saturated rings. The lowest BCUT2D eigenvalue weighted by atomic mass is 9.99. The number of benzene rings is 1. The summed E-state index contributed by atoms with van der Waals surface area (Å²) in [5.74, 6) is -1.77. The maximum absolute atomic E-state index is 13.1. The highest BCUT2D eigenvalue weighted by Crippen LogP contribution is 2.44. The van der Waals surface area contributed by atoms with Crippen molar-refractivity contribution in [3.8, 4) is 0 Å². The Balaban J connectivity index is 1.92. The number of amides is 1. The molecule has 1 unspecified atom stereocenters. The summed E-state index contributed by atoms with van der Waals surface area (Å²) in [6, 6.07) is 9.24. The molecule has 1 atom stereocenters. The van der Waals surface area contributed by atoms with Crippen molar-refractivity contribution in [2.24, 2.45) is 0 Å². The minimum atomic E-state index is -1.04. The summed E-state index contributed by atoms with van der Waals surface area (Å²) in [5, 5.41) is 11.2. The van der Waals surface area contributed by atoms with Gasteiger partial charge in [0.25, 0.3) is 5.78 Å². The highest BCUT2D eigenvalue weighted by atomic mass is 32.1. The van der Waals surface area contributed by atoms with Gasteiger partial charge in [0, 0.05) is 5.56 Å². The maximum atomic E-state index is 13.1. The second kappa shape index (κ2) is 8.08. The second-order valence-corrected chi connectivity index (χ2v) is 8.36. The first-order valence-corrected chi connectivity index (χ1v) is 10.5. The van der Waals surface area contributed by atoms with E-state index < -0.39 is 23.7 Å². The van der Waals surface area contributed by atoms with Crippen molar-refractivity contribution >= 4 is 39.9 Å². The highest BCUT2D eigenvalue weighted by molar-refractivity contribution is 7.17. The molecule has 3 heterocycles. The Morgan fingerprint density at radius 1 is 1.12 bits per heavy atom. The van der Waals surface area contributed by atoms with E-state index >= 15 is 0 Å². The molecule has 1 aliphatic heterocycles. The maximum Gasteiger partial charge on any atom is 0.350 e. The number of thiazole rings is 1. The zero-order chi connectivity index (χ0) is 23.2. The quantitative estimate of drug-likeness (QED) is 0.275. The van der Waals surface area contributed by atoms with Crippen LogP contribution in [0.25, 0.3) is 5.76 Å². The zero-order valence-corrected chi connectivity index (χ0v) is 18.6. The van der Waals surface area contributed by atoms with Crippen molar-refractivity contribution in [3.63, 3.8) is 0 Å². The summed E-state index contributed by atoms with van der Waals surface area (Å²) in [7, 11) is 1.25. The van der Waals surface area contributed by atoms with Gasteiger partial charge in [0.15, 0.2) is 5.13 Å². The van der Waals surface area contributed by atoms with Crippen LogP contribution in [0.3, 0.4) is 0 Å². The molecule has 0 bridgehead atoms. The van der Waals surface area contributed by atoms with Gasteiger partial charge in [0.2, 0.25) is 0 Å². The number of Topliss-reactive ketones (excluding diaryl/α,β-unsaturated/α-hetero) is 1. The number of aromatic nitrogens is 1. The third-order valence-electron chi connectivity index (χ3n) is 5.16. The van der Waals surface area contributed by atoms with Crippen LogP contribution in [0.1, 0.15) is 44.1 Å². The van der Waals surface area contributed by atoms with Crippen LogP contribution in [0, 0.1) is 20.8 Å². The van der Waals surface area contributed by atoms with Crippen LogP contribution in [-0.2, 0) is 14.3 Å². The van der Waals surface area contributed by atoms with E-state index in [1.165, 1.54) is 7.11 Å². The summed E-state index contributed by atoms with van der Waals surface area (Å²) < 4.78 is 10.5. The number of methoxy groups -OCH3 is 1. The molecule has 0 radical (unpaired) electrons. The molecule has 8 nitrogen and oxygen atoms in total. The first-order chi connectivity index (χ1) is 15.2. The van der Waals surface area contributed by atoms with Gasteiger partial charge in [-0.05, 0) is 32.9 Å². The van der Waals surface area contributed by atoms with Gasteiger partial charge < -0.3 is 14.3 Å². The molecule has 0 saturated carbocycles. The van der Waals surface area contributed by atoms with Crippen molar-refractivity contribution in [2.75, 3.05) is 12.0 Å². The van der Waals surface area contributed by atoms with Gasteiger partial charge in [-0.3, -0.25) is 14.5 Å². The number of carbonyl (C=O) groups is 3. The van der Waals surface area contributed by atoms with Crippen molar-refractivity contribution < 1.29 is 28.6 Å². The van der Waals surface area contributed by atoms with Crippen LogP contribution in [0.2, 0.25) is 0 Å². The van der Waals surface area contributed by atoms with Crippen LogP contribution in [0.5, 0.6) is 0 Å². The molecule has 1 aliphatic rings. The van der Waals surface area contributed by atoms with E-state index in [1.807, 2.05) is 6.92 Å². The Labute approximate surface area is 187 Å². The first kappa shape index (κ1) is 21.5. The lowest BCUT2D eigenvalue weighted by Gasteiger charge is -2.20. The van der Waals surface area contributed by atoms with E-state index in [0.717, 1.165) is 21.8 Å². The largest absolute Gasteiger partial charge is 0.507 e. The van der Waals surface area contributed by atoms with E-state index in [-0.39, 0.29) is 21.3 Å². The molecular weight excluding hydrogens is 432 g/mol. The van der Waals surface area contributed by atoms with E-state index in [9.17, 15) is 19.5 Å². The fourth-order valence-corrected chi connectivity index (χ4v) is 4.55. The SMILES string of the molecule is COC(=O)c1sc(N2C(=O)C(=O)/C(=C(/O)c3ccc(C)cc3)C2c2ccc(C)o2)nc1C. The molecule has 4 rings (SSSR count).